The molecule has 0 heterocycles. The summed E-state index contributed by atoms with van der Waals surface area (Å²) in [5.41, 5.74) is 0.364. The van der Waals surface area contributed by atoms with Gasteiger partial charge in [-0.1, -0.05) is 22.0 Å². The molecule has 5 nitrogen and oxygen atoms in total. The fraction of sp³-hybridized carbons (Fsp3) is 0.308. The van der Waals surface area contributed by atoms with Gasteiger partial charge >= 0.3 is 5.97 Å². The highest BCUT2D eigenvalue weighted by atomic mass is 79.9. The first-order valence-electron chi connectivity index (χ1n) is 5.69. The zero-order valence-corrected chi connectivity index (χ0v) is 11.9. The highest BCUT2D eigenvalue weighted by Gasteiger charge is 2.20. The SMILES string of the molecule is CC(=O)CC[C@H](NC(=O)c1cccc(Br)c1)C(=O)O. The molecular weight excluding hydrogens is 314 g/mol. The molecular formula is C13H14BrNO4. The number of nitrogens with one attached hydrogen (secondary N) is 1. The Kier molecular flexibility index (Phi) is 5.69. The summed E-state index contributed by atoms with van der Waals surface area (Å²) in [4.78, 5) is 33.7. The zero-order chi connectivity index (χ0) is 14.4. The maximum Gasteiger partial charge on any atom is 0.326 e. The number of carbonyl (C=O) groups excluding carboxylic acids is 2. The number of hydrogen-bond acceptors (Lipinski definition) is 3. The van der Waals surface area contributed by atoms with Gasteiger partial charge in [-0.2, -0.15) is 0 Å². The predicted octanol–water partition coefficient (Wildman–Crippen LogP) is 2.00. The van der Waals surface area contributed by atoms with Crippen LogP contribution >= 0.6 is 15.9 Å². The van der Waals surface area contributed by atoms with Gasteiger partial charge in [0.1, 0.15) is 11.8 Å². The summed E-state index contributed by atoms with van der Waals surface area (Å²) in [5, 5.41) is 11.4. The number of carbonyl (C=O) groups is 3. The van der Waals surface area contributed by atoms with Crippen molar-refractivity contribution in [3.8, 4) is 0 Å². The normalized spacial score (nSPS) is 11.7. The van der Waals surface area contributed by atoms with E-state index in [-0.39, 0.29) is 18.6 Å². The van der Waals surface area contributed by atoms with Gasteiger partial charge in [0.15, 0.2) is 0 Å². The number of carboxylic acids is 1. The van der Waals surface area contributed by atoms with E-state index in [2.05, 4.69) is 21.2 Å². The molecule has 102 valence electrons. The van der Waals surface area contributed by atoms with E-state index in [1.165, 1.54) is 6.92 Å². The number of halogens is 1. The molecule has 0 fully saturated rings. The van der Waals surface area contributed by atoms with E-state index >= 15 is 0 Å². The molecule has 0 aromatic heterocycles. The van der Waals surface area contributed by atoms with Gasteiger partial charge in [-0.25, -0.2) is 4.79 Å². The van der Waals surface area contributed by atoms with Crippen molar-refractivity contribution in [2.45, 2.75) is 25.8 Å². The van der Waals surface area contributed by atoms with Gasteiger partial charge in [0.25, 0.3) is 5.91 Å². The van der Waals surface area contributed by atoms with Crippen LogP contribution in [-0.4, -0.2) is 28.8 Å². The molecule has 0 aliphatic carbocycles. The van der Waals surface area contributed by atoms with Crippen LogP contribution in [0.4, 0.5) is 0 Å². The molecule has 6 heteroatoms. The fourth-order valence-electron chi connectivity index (χ4n) is 1.48. The molecule has 0 saturated carbocycles. The van der Waals surface area contributed by atoms with Crippen LogP contribution in [0.5, 0.6) is 0 Å². The minimum absolute atomic E-state index is 0.0877. The Bertz CT molecular complexity index is 501. The summed E-state index contributed by atoms with van der Waals surface area (Å²) >= 11 is 3.23. The maximum absolute atomic E-state index is 11.9. The number of aliphatic carboxylic acids is 1. The first-order valence-corrected chi connectivity index (χ1v) is 6.48. The number of amides is 1. The Hall–Kier alpha value is -1.69. The van der Waals surface area contributed by atoms with Crippen LogP contribution in [0.25, 0.3) is 0 Å². The fourth-order valence-corrected chi connectivity index (χ4v) is 1.88. The third-order valence-electron chi connectivity index (χ3n) is 2.48. The molecule has 19 heavy (non-hydrogen) atoms. The van der Waals surface area contributed by atoms with Crippen LogP contribution in [-0.2, 0) is 9.59 Å². The second-order valence-corrected chi connectivity index (χ2v) is 5.03. The maximum atomic E-state index is 11.9. The summed E-state index contributed by atoms with van der Waals surface area (Å²) < 4.78 is 0.732. The van der Waals surface area contributed by atoms with Gasteiger partial charge < -0.3 is 15.2 Å². The Balaban J connectivity index is 2.71. The number of hydrogen-bond donors (Lipinski definition) is 2. The zero-order valence-electron chi connectivity index (χ0n) is 10.4. The minimum Gasteiger partial charge on any atom is -0.480 e. The van der Waals surface area contributed by atoms with Crippen LogP contribution < -0.4 is 5.32 Å². The molecule has 1 rings (SSSR count). The van der Waals surface area contributed by atoms with Crippen LogP contribution in [0.2, 0.25) is 0 Å². The van der Waals surface area contributed by atoms with Gasteiger partial charge in [0.2, 0.25) is 0 Å². The van der Waals surface area contributed by atoms with E-state index in [0.717, 1.165) is 4.47 Å². The lowest BCUT2D eigenvalue weighted by Gasteiger charge is -2.13. The second-order valence-electron chi connectivity index (χ2n) is 4.12. The number of Topliss-reactive ketones (excluding diaryl/α,β-unsaturated/α-hetero) is 1. The van der Waals surface area contributed by atoms with Crippen molar-refractivity contribution in [3.63, 3.8) is 0 Å². The lowest BCUT2D eigenvalue weighted by atomic mass is 10.1. The lowest BCUT2D eigenvalue weighted by Crippen LogP contribution is -2.41. The summed E-state index contributed by atoms with van der Waals surface area (Å²) in [5.74, 6) is -1.73. The Morgan fingerprint density at radius 1 is 1.37 bits per heavy atom. The van der Waals surface area contributed by atoms with E-state index in [1.807, 2.05) is 0 Å². The predicted molar refractivity (Wildman–Crippen MR) is 72.9 cm³/mol. The topological polar surface area (TPSA) is 83.5 Å². The first-order chi connectivity index (χ1) is 8.90. The molecule has 1 amide bonds. The monoisotopic (exact) mass is 327 g/mol. The molecule has 0 aliphatic rings. The Labute approximate surface area is 119 Å². The van der Waals surface area contributed by atoms with Gasteiger partial charge in [-0.3, -0.25) is 4.79 Å². The van der Waals surface area contributed by atoms with Crippen LogP contribution in [0.3, 0.4) is 0 Å². The van der Waals surface area contributed by atoms with Crippen LogP contribution in [0.15, 0.2) is 28.7 Å². The van der Waals surface area contributed by atoms with Crippen molar-refractivity contribution in [1.82, 2.24) is 5.32 Å². The van der Waals surface area contributed by atoms with Crippen molar-refractivity contribution in [2.24, 2.45) is 0 Å². The highest BCUT2D eigenvalue weighted by molar-refractivity contribution is 9.10. The van der Waals surface area contributed by atoms with Gasteiger partial charge in [0.05, 0.1) is 0 Å². The van der Waals surface area contributed by atoms with Crippen LogP contribution in [0.1, 0.15) is 30.1 Å². The van der Waals surface area contributed by atoms with Crippen molar-refractivity contribution < 1.29 is 19.5 Å². The van der Waals surface area contributed by atoms with Crippen molar-refractivity contribution in [1.29, 1.82) is 0 Å². The quantitative estimate of drug-likeness (QED) is 0.837. The van der Waals surface area contributed by atoms with Gasteiger partial charge in [-0.05, 0) is 31.5 Å². The number of carboxylic acid groups (broad SMARTS) is 1. The van der Waals surface area contributed by atoms with Crippen LogP contribution in [0, 0.1) is 0 Å². The van der Waals surface area contributed by atoms with E-state index in [0.29, 0.717) is 5.56 Å². The minimum atomic E-state index is -1.15. The average molecular weight is 328 g/mol. The molecule has 0 bridgehead atoms. The Morgan fingerprint density at radius 3 is 2.58 bits per heavy atom. The summed E-state index contributed by atoms with van der Waals surface area (Å²) in [6.45, 7) is 1.38. The Morgan fingerprint density at radius 2 is 2.05 bits per heavy atom. The van der Waals surface area contributed by atoms with E-state index < -0.39 is 17.9 Å². The third-order valence-corrected chi connectivity index (χ3v) is 2.97. The van der Waals surface area contributed by atoms with Gasteiger partial charge in [0, 0.05) is 16.5 Å². The number of ketones is 1. The standard InChI is InChI=1S/C13H14BrNO4/c1-8(16)5-6-11(13(18)19)15-12(17)9-3-2-4-10(14)7-9/h2-4,7,11H,5-6H2,1H3,(H,15,17)(H,18,19)/t11-/m0/s1. The lowest BCUT2D eigenvalue weighted by molar-refractivity contribution is -0.139. The third kappa shape index (κ3) is 5.21. The highest BCUT2D eigenvalue weighted by Crippen LogP contribution is 2.12. The van der Waals surface area contributed by atoms with Crippen molar-refractivity contribution in [2.75, 3.05) is 0 Å². The van der Waals surface area contributed by atoms with Crippen molar-refractivity contribution in [3.05, 3.63) is 34.3 Å². The molecule has 0 unspecified atom stereocenters. The largest absolute Gasteiger partial charge is 0.480 e. The smallest absolute Gasteiger partial charge is 0.326 e. The molecule has 1 aromatic rings. The summed E-state index contributed by atoms with van der Waals surface area (Å²) in [6.07, 6.45) is 0.208. The molecule has 0 aliphatic heterocycles. The molecule has 0 spiro atoms. The molecule has 2 N–H and O–H groups in total. The number of rotatable bonds is 6. The van der Waals surface area contributed by atoms with Gasteiger partial charge in [-0.15, -0.1) is 0 Å². The van der Waals surface area contributed by atoms with Crippen molar-refractivity contribution >= 4 is 33.6 Å². The number of benzene rings is 1. The first kappa shape index (κ1) is 15.4. The average Bonchev–Trinajstić information content (AvgIpc) is 2.33. The molecule has 1 aromatic carbocycles. The molecule has 1 atom stereocenters. The molecule has 0 radical (unpaired) electrons. The molecule has 0 saturated heterocycles. The summed E-state index contributed by atoms with van der Waals surface area (Å²) in [6, 6.07) is 5.57. The van der Waals surface area contributed by atoms with E-state index in [1.54, 1.807) is 24.3 Å². The second kappa shape index (κ2) is 7.04. The van der Waals surface area contributed by atoms with E-state index in [9.17, 15) is 14.4 Å². The van der Waals surface area contributed by atoms with E-state index in [4.69, 9.17) is 5.11 Å². The summed E-state index contributed by atoms with van der Waals surface area (Å²) in [7, 11) is 0.